The van der Waals surface area contributed by atoms with Gasteiger partial charge >= 0.3 is 0 Å². The van der Waals surface area contributed by atoms with E-state index in [4.69, 9.17) is 0 Å². The number of rotatable bonds is 5. The van der Waals surface area contributed by atoms with E-state index in [1.54, 1.807) is 0 Å². The van der Waals surface area contributed by atoms with Crippen LogP contribution in [0.25, 0.3) is 0 Å². The third-order valence-electron chi connectivity index (χ3n) is 3.64. The van der Waals surface area contributed by atoms with Crippen molar-refractivity contribution in [1.82, 2.24) is 5.32 Å². The number of benzene rings is 1. The zero-order valence-electron chi connectivity index (χ0n) is 11.6. The molecule has 0 radical (unpaired) electrons. The molecule has 1 aliphatic carbocycles. The van der Waals surface area contributed by atoms with Gasteiger partial charge in [-0.3, -0.25) is 0 Å². The van der Waals surface area contributed by atoms with E-state index in [0.29, 0.717) is 6.04 Å². The van der Waals surface area contributed by atoms with Crippen LogP contribution < -0.4 is 5.32 Å². The highest BCUT2D eigenvalue weighted by molar-refractivity contribution is 8.00. The summed E-state index contributed by atoms with van der Waals surface area (Å²) in [6.45, 7) is 5.59. The molecule has 1 nitrogen and oxygen atoms in total. The fraction of sp³-hybridized carbons (Fsp3) is 0.625. The van der Waals surface area contributed by atoms with E-state index in [9.17, 15) is 0 Å². The van der Waals surface area contributed by atoms with Crippen molar-refractivity contribution < 1.29 is 0 Å². The van der Waals surface area contributed by atoms with Crippen molar-refractivity contribution in [3.63, 3.8) is 0 Å². The van der Waals surface area contributed by atoms with Crippen LogP contribution >= 0.6 is 11.8 Å². The summed E-state index contributed by atoms with van der Waals surface area (Å²) in [5.74, 6) is 0. The quantitative estimate of drug-likeness (QED) is 0.845. The summed E-state index contributed by atoms with van der Waals surface area (Å²) in [6.07, 6.45) is 6.74. The minimum Gasteiger partial charge on any atom is -0.313 e. The zero-order valence-corrected chi connectivity index (χ0v) is 12.4. The van der Waals surface area contributed by atoms with Crippen LogP contribution in [0.15, 0.2) is 29.2 Å². The zero-order chi connectivity index (χ0) is 12.8. The Bertz CT molecular complexity index is 364. The number of hydrogen-bond donors (Lipinski definition) is 1. The second-order valence-corrected chi connectivity index (χ2v) is 6.63. The van der Waals surface area contributed by atoms with Crippen LogP contribution in [0.4, 0.5) is 0 Å². The number of aryl methyl sites for hydroxylation is 1. The van der Waals surface area contributed by atoms with Crippen LogP contribution in [0.2, 0.25) is 0 Å². The van der Waals surface area contributed by atoms with Gasteiger partial charge in [0.05, 0.1) is 0 Å². The molecule has 0 spiro atoms. The van der Waals surface area contributed by atoms with Crippen molar-refractivity contribution in [2.75, 3.05) is 6.54 Å². The Labute approximate surface area is 116 Å². The average molecular weight is 263 g/mol. The molecular weight excluding hydrogens is 238 g/mol. The van der Waals surface area contributed by atoms with Crippen molar-refractivity contribution in [3.8, 4) is 0 Å². The SMILES string of the molecule is CCCNC1CCCCC1Sc1cccc(C)c1. The van der Waals surface area contributed by atoms with Crippen molar-refractivity contribution in [2.24, 2.45) is 0 Å². The lowest BCUT2D eigenvalue weighted by atomic mass is 9.95. The third-order valence-corrected chi connectivity index (χ3v) is 5.03. The van der Waals surface area contributed by atoms with Crippen molar-refractivity contribution in [2.45, 2.75) is 62.1 Å². The van der Waals surface area contributed by atoms with Gasteiger partial charge in [-0.25, -0.2) is 0 Å². The van der Waals surface area contributed by atoms with Crippen LogP contribution in [0.5, 0.6) is 0 Å². The van der Waals surface area contributed by atoms with Gasteiger partial charge in [0.1, 0.15) is 0 Å². The van der Waals surface area contributed by atoms with Crippen molar-refractivity contribution in [3.05, 3.63) is 29.8 Å². The molecule has 2 heteroatoms. The molecule has 1 aromatic rings. The molecule has 0 saturated heterocycles. The Morgan fingerprint density at radius 2 is 2.11 bits per heavy atom. The first-order valence-corrected chi connectivity index (χ1v) is 8.14. The Balaban J connectivity index is 1.96. The fourth-order valence-electron chi connectivity index (χ4n) is 2.66. The van der Waals surface area contributed by atoms with E-state index in [1.807, 2.05) is 0 Å². The Morgan fingerprint density at radius 1 is 1.28 bits per heavy atom. The molecule has 0 aliphatic heterocycles. The van der Waals surface area contributed by atoms with Crippen molar-refractivity contribution >= 4 is 11.8 Å². The number of hydrogen-bond acceptors (Lipinski definition) is 2. The highest BCUT2D eigenvalue weighted by atomic mass is 32.2. The van der Waals surface area contributed by atoms with Gasteiger partial charge in [0.15, 0.2) is 0 Å². The molecule has 1 fully saturated rings. The molecule has 2 rings (SSSR count). The minimum absolute atomic E-state index is 0.712. The van der Waals surface area contributed by atoms with Crippen LogP contribution in [0, 0.1) is 6.92 Å². The lowest BCUT2D eigenvalue weighted by Gasteiger charge is -2.32. The van der Waals surface area contributed by atoms with Gasteiger partial charge in [0.2, 0.25) is 0 Å². The number of thioether (sulfide) groups is 1. The lowest BCUT2D eigenvalue weighted by molar-refractivity contribution is 0.384. The summed E-state index contributed by atoms with van der Waals surface area (Å²) in [7, 11) is 0. The molecule has 2 atom stereocenters. The summed E-state index contributed by atoms with van der Waals surface area (Å²) in [5.41, 5.74) is 1.37. The summed E-state index contributed by atoms with van der Waals surface area (Å²) < 4.78 is 0. The van der Waals surface area contributed by atoms with Gasteiger partial charge in [0.25, 0.3) is 0 Å². The van der Waals surface area contributed by atoms with Crippen LogP contribution in [0.3, 0.4) is 0 Å². The summed E-state index contributed by atoms with van der Waals surface area (Å²) in [6, 6.07) is 9.63. The molecule has 1 N–H and O–H groups in total. The smallest absolute Gasteiger partial charge is 0.0248 e. The van der Waals surface area contributed by atoms with Gasteiger partial charge in [-0.05, 0) is 44.9 Å². The predicted molar refractivity (Wildman–Crippen MR) is 81.4 cm³/mol. The Hall–Kier alpha value is -0.470. The first-order valence-electron chi connectivity index (χ1n) is 7.26. The summed E-state index contributed by atoms with van der Waals surface area (Å²) >= 11 is 2.07. The van der Waals surface area contributed by atoms with E-state index >= 15 is 0 Å². The first-order chi connectivity index (χ1) is 8.79. The van der Waals surface area contributed by atoms with Gasteiger partial charge < -0.3 is 5.32 Å². The van der Waals surface area contributed by atoms with E-state index in [0.717, 1.165) is 11.8 Å². The summed E-state index contributed by atoms with van der Waals surface area (Å²) in [4.78, 5) is 1.44. The molecule has 0 bridgehead atoms. The van der Waals surface area contributed by atoms with E-state index < -0.39 is 0 Å². The van der Waals surface area contributed by atoms with E-state index in [1.165, 1.54) is 42.6 Å². The van der Waals surface area contributed by atoms with Crippen molar-refractivity contribution in [1.29, 1.82) is 0 Å². The van der Waals surface area contributed by atoms with Gasteiger partial charge in [-0.1, -0.05) is 37.5 Å². The molecular formula is C16H25NS. The Kier molecular flexibility index (Phi) is 5.58. The van der Waals surface area contributed by atoms with Crippen LogP contribution in [-0.2, 0) is 0 Å². The van der Waals surface area contributed by atoms with Gasteiger partial charge in [0, 0.05) is 16.2 Å². The summed E-state index contributed by atoms with van der Waals surface area (Å²) in [5, 5.41) is 4.49. The largest absolute Gasteiger partial charge is 0.313 e. The second kappa shape index (κ2) is 7.20. The molecule has 0 aromatic heterocycles. The van der Waals surface area contributed by atoms with Crippen LogP contribution in [-0.4, -0.2) is 17.8 Å². The molecule has 2 unspecified atom stereocenters. The predicted octanol–water partition coefficient (Wildman–Crippen LogP) is 4.40. The van der Waals surface area contributed by atoms with Gasteiger partial charge in [-0.15, -0.1) is 11.8 Å². The first kappa shape index (κ1) is 14.0. The topological polar surface area (TPSA) is 12.0 Å². The minimum atomic E-state index is 0.712. The van der Waals surface area contributed by atoms with Crippen LogP contribution in [0.1, 0.15) is 44.6 Å². The second-order valence-electron chi connectivity index (χ2n) is 5.32. The normalized spacial score (nSPS) is 24.1. The highest BCUT2D eigenvalue weighted by Gasteiger charge is 2.25. The molecule has 100 valence electrons. The average Bonchev–Trinajstić information content (AvgIpc) is 2.38. The third kappa shape index (κ3) is 4.03. The van der Waals surface area contributed by atoms with E-state index in [-0.39, 0.29) is 0 Å². The number of nitrogens with one attached hydrogen (secondary N) is 1. The highest BCUT2D eigenvalue weighted by Crippen LogP contribution is 2.34. The van der Waals surface area contributed by atoms with Gasteiger partial charge in [-0.2, -0.15) is 0 Å². The molecule has 1 saturated carbocycles. The molecule has 1 aliphatic rings. The lowest BCUT2D eigenvalue weighted by Crippen LogP contribution is -2.40. The maximum absolute atomic E-state index is 3.74. The Morgan fingerprint density at radius 3 is 2.89 bits per heavy atom. The standard InChI is InChI=1S/C16H25NS/c1-3-11-17-15-9-4-5-10-16(15)18-14-8-6-7-13(2)12-14/h6-8,12,15-17H,3-5,9-11H2,1-2H3. The maximum atomic E-state index is 3.74. The van der Waals surface area contributed by atoms with E-state index in [2.05, 4.69) is 55.2 Å². The molecule has 1 aromatic carbocycles. The molecule has 18 heavy (non-hydrogen) atoms. The maximum Gasteiger partial charge on any atom is 0.0248 e. The molecule has 0 amide bonds. The monoisotopic (exact) mass is 263 g/mol. The fourth-order valence-corrected chi connectivity index (χ4v) is 4.11. The molecule has 0 heterocycles.